The van der Waals surface area contributed by atoms with E-state index in [1.165, 1.54) is 46.0 Å². The standard InChI is InChI=1S/C18H18N4O5/c1-25-14-7-11-15(17(27-3)16(14)26-2)18(20-9-19-11)22-21-8-10-4-5-12(23)13(24)6-10/h4-9,23-24H,1-3H3,(H,19,20,22)/b21-8+. The molecule has 0 amide bonds. The number of rotatable bonds is 6. The predicted octanol–water partition coefficient (Wildman–Crippen LogP) is 2.51. The van der Waals surface area contributed by atoms with Crippen molar-refractivity contribution in [2.75, 3.05) is 26.8 Å². The molecule has 0 atom stereocenters. The molecule has 3 N–H and O–H groups in total. The van der Waals surface area contributed by atoms with Crippen LogP contribution in [0.2, 0.25) is 0 Å². The van der Waals surface area contributed by atoms with Crippen LogP contribution in [-0.4, -0.2) is 47.7 Å². The maximum atomic E-state index is 9.54. The van der Waals surface area contributed by atoms with Gasteiger partial charge in [0, 0.05) is 6.07 Å². The molecule has 3 rings (SSSR count). The van der Waals surface area contributed by atoms with Gasteiger partial charge >= 0.3 is 0 Å². The van der Waals surface area contributed by atoms with Crippen molar-refractivity contribution in [1.82, 2.24) is 9.97 Å². The Kier molecular flexibility index (Phi) is 5.11. The molecule has 3 aromatic rings. The van der Waals surface area contributed by atoms with Crippen LogP contribution < -0.4 is 19.6 Å². The van der Waals surface area contributed by atoms with Crippen molar-refractivity contribution >= 4 is 22.9 Å². The Morgan fingerprint density at radius 3 is 2.41 bits per heavy atom. The van der Waals surface area contributed by atoms with Crippen LogP contribution in [0.3, 0.4) is 0 Å². The summed E-state index contributed by atoms with van der Waals surface area (Å²) in [6.45, 7) is 0. The van der Waals surface area contributed by atoms with Gasteiger partial charge in [-0.3, -0.25) is 5.43 Å². The first-order valence-electron chi connectivity index (χ1n) is 7.83. The van der Waals surface area contributed by atoms with E-state index in [2.05, 4.69) is 20.5 Å². The van der Waals surface area contributed by atoms with Crippen LogP contribution in [0, 0.1) is 0 Å². The van der Waals surface area contributed by atoms with Crippen molar-refractivity contribution in [1.29, 1.82) is 0 Å². The summed E-state index contributed by atoms with van der Waals surface area (Å²) < 4.78 is 16.2. The highest BCUT2D eigenvalue weighted by atomic mass is 16.5. The van der Waals surface area contributed by atoms with Gasteiger partial charge in [0.05, 0.1) is 38.4 Å². The normalized spacial score (nSPS) is 10.9. The fraction of sp³-hybridized carbons (Fsp3) is 0.167. The molecule has 0 radical (unpaired) electrons. The van der Waals surface area contributed by atoms with Gasteiger partial charge in [0.25, 0.3) is 0 Å². The van der Waals surface area contributed by atoms with Crippen LogP contribution >= 0.6 is 0 Å². The van der Waals surface area contributed by atoms with E-state index in [9.17, 15) is 10.2 Å². The maximum Gasteiger partial charge on any atom is 0.204 e. The molecular formula is C18H18N4O5. The highest BCUT2D eigenvalue weighted by molar-refractivity contribution is 5.98. The average molecular weight is 370 g/mol. The SMILES string of the molecule is COc1cc2ncnc(N/N=C/c3ccc(O)c(O)c3)c2c(OC)c1OC. The van der Waals surface area contributed by atoms with E-state index >= 15 is 0 Å². The number of anilines is 1. The lowest BCUT2D eigenvalue weighted by Gasteiger charge is -2.15. The first-order valence-corrected chi connectivity index (χ1v) is 7.83. The van der Waals surface area contributed by atoms with Gasteiger partial charge in [0.2, 0.25) is 5.75 Å². The summed E-state index contributed by atoms with van der Waals surface area (Å²) in [7, 11) is 4.55. The number of ether oxygens (including phenoxy) is 3. The molecule has 0 bridgehead atoms. The molecule has 0 fully saturated rings. The van der Waals surface area contributed by atoms with Gasteiger partial charge in [0.15, 0.2) is 28.8 Å². The quantitative estimate of drug-likeness (QED) is 0.344. The monoisotopic (exact) mass is 370 g/mol. The average Bonchev–Trinajstić information content (AvgIpc) is 2.69. The highest BCUT2D eigenvalue weighted by Gasteiger charge is 2.19. The number of hydrogen-bond donors (Lipinski definition) is 3. The highest BCUT2D eigenvalue weighted by Crippen LogP contribution is 2.44. The van der Waals surface area contributed by atoms with Crippen LogP contribution in [-0.2, 0) is 0 Å². The number of phenols is 2. The number of nitrogens with one attached hydrogen (secondary N) is 1. The minimum absolute atomic E-state index is 0.201. The van der Waals surface area contributed by atoms with E-state index in [-0.39, 0.29) is 11.5 Å². The molecule has 0 saturated carbocycles. The zero-order chi connectivity index (χ0) is 19.4. The second-order valence-electron chi connectivity index (χ2n) is 5.38. The van der Waals surface area contributed by atoms with Crippen molar-refractivity contribution in [2.24, 2.45) is 5.10 Å². The molecule has 1 aromatic heterocycles. The summed E-state index contributed by atoms with van der Waals surface area (Å²) in [5, 5.41) is 23.6. The lowest BCUT2D eigenvalue weighted by Crippen LogP contribution is -2.01. The largest absolute Gasteiger partial charge is 0.504 e. The molecule has 0 aliphatic heterocycles. The number of fused-ring (bicyclic) bond motifs is 1. The molecule has 0 aliphatic rings. The minimum Gasteiger partial charge on any atom is -0.504 e. The van der Waals surface area contributed by atoms with Gasteiger partial charge < -0.3 is 24.4 Å². The third-order valence-corrected chi connectivity index (χ3v) is 3.81. The fourth-order valence-corrected chi connectivity index (χ4v) is 2.56. The number of hydrazone groups is 1. The molecule has 0 spiro atoms. The lowest BCUT2D eigenvalue weighted by atomic mass is 10.2. The van der Waals surface area contributed by atoms with E-state index < -0.39 is 0 Å². The molecule has 0 aliphatic carbocycles. The summed E-state index contributed by atoms with van der Waals surface area (Å²) in [4.78, 5) is 8.45. The number of methoxy groups -OCH3 is 3. The van der Waals surface area contributed by atoms with E-state index in [0.29, 0.717) is 39.5 Å². The van der Waals surface area contributed by atoms with Gasteiger partial charge in [-0.25, -0.2) is 9.97 Å². The third-order valence-electron chi connectivity index (χ3n) is 3.81. The summed E-state index contributed by atoms with van der Waals surface area (Å²) in [6.07, 6.45) is 2.86. The van der Waals surface area contributed by atoms with Crippen molar-refractivity contribution in [2.45, 2.75) is 0 Å². The molecule has 9 nitrogen and oxygen atoms in total. The van der Waals surface area contributed by atoms with Crippen LogP contribution in [0.25, 0.3) is 10.9 Å². The zero-order valence-electron chi connectivity index (χ0n) is 14.9. The van der Waals surface area contributed by atoms with Crippen molar-refractivity contribution in [3.8, 4) is 28.7 Å². The number of phenolic OH excluding ortho intramolecular Hbond substituents is 2. The maximum absolute atomic E-state index is 9.54. The Bertz CT molecular complexity index is 1010. The second kappa shape index (κ2) is 7.65. The molecule has 9 heteroatoms. The van der Waals surface area contributed by atoms with Crippen molar-refractivity contribution in [3.63, 3.8) is 0 Å². The topological polar surface area (TPSA) is 118 Å². The number of aromatic hydroxyl groups is 2. The summed E-state index contributed by atoms with van der Waals surface area (Å²) in [5.74, 6) is 1.27. The van der Waals surface area contributed by atoms with Crippen molar-refractivity contribution < 1.29 is 24.4 Å². The summed E-state index contributed by atoms with van der Waals surface area (Å²) in [6, 6.07) is 6.07. The second-order valence-corrected chi connectivity index (χ2v) is 5.38. The third kappa shape index (κ3) is 3.47. The van der Waals surface area contributed by atoms with Crippen LogP contribution in [0.15, 0.2) is 35.7 Å². The predicted molar refractivity (Wildman–Crippen MR) is 100 cm³/mol. The van der Waals surface area contributed by atoms with E-state index in [1.54, 1.807) is 12.1 Å². The van der Waals surface area contributed by atoms with E-state index in [1.807, 2.05) is 0 Å². The Morgan fingerprint density at radius 1 is 0.963 bits per heavy atom. The number of nitrogens with zero attached hydrogens (tertiary/aromatic N) is 3. The molecule has 27 heavy (non-hydrogen) atoms. The molecule has 0 unspecified atom stereocenters. The van der Waals surface area contributed by atoms with Crippen LogP contribution in [0.1, 0.15) is 5.56 Å². The van der Waals surface area contributed by atoms with Gasteiger partial charge in [-0.15, -0.1) is 0 Å². The number of benzene rings is 2. The Hall–Kier alpha value is -3.75. The van der Waals surface area contributed by atoms with Gasteiger partial charge in [-0.05, 0) is 23.8 Å². The number of hydrogen-bond acceptors (Lipinski definition) is 9. The van der Waals surface area contributed by atoms with Crippen LogP contribution in [0.5, 0.6) is 28.7 Å². The molecule has 0 saturated heterocycles. The molecule has 140 valence electrons. The Morgan fingerprint density at radius 2 is 1.74 bits per heavy atom. The Labute approximate surface area is 154 Å². The molecule has 1 heterocycles. The fourth-order valence-electron chi connectivity index (χ4n) is 2.56. The molecular weight excluding hydrogens is 352 g/mol. The van der Waals surface area contributed by atoms with Gasteiger partial charge in [-0.2, -0.15) is 5.10 Å². The van der Waals surface area contributed by atoms with E-state index in [4.69, 9.17) is 14.2 Å². The zero-order valence-corrected chi connectivity index (χ0v) is 14.9. The summed E-state index contributed by atoms with van der Waals surface area (Å²) >= 11 is 0. The summed E-state index contributed by atoms with van der Waals surface area (Å²) in [5.41, 5.74) is 4.00. The lowest BCUT2D eigenvalue weighted by molar-refractivity contribution is 0.327. The van der Waals surface area contributed by atoms with Crippen LogP contribution in [0.4, 0.5) is 5.82 Å². The first-order chi connectivity index (χ1) is 13.1. The smallest absolute Gasteiger partial charge is 0.204 e. The Balaban J connectivity index is 2.01. The van der Waals surface area contributed by atoms with Gasteiger partial charge in [0.1, 0.15) is 6.33 Å². The molecule has 2 aromatic carbocycles. The van der Waals surface area contributed by atoms with E-state index in [0.717, 1.165) is 0 Å². The number of aromatic nitrogens is 2. The van der Waals surface area contributed by atoms with Crippen molar-refractivity contribution in [3.05, 3.63) is 36.2 Å². The minimum atomic E-state index is -0.232. The van der Waals surface area contributed by atoms with Gasteiger partial charge in [-0.1, -0.05) is 0 Å². The first kappa shape index (κ1) is 18.1.